The number of para-hydroxylation sites is 1. The fourth-order valence-corrected chi connectivity index (χ4v) is 3.63. The van der Waals surface area contributed by atoms with E-state index in [1.54, 1.807) is 25.6 Å². The molecule has 2 aromatic heterocycles. The van der Waals surface area contributed by atoms with Gasteiger partial charge in [0.1, 0.15) is 12.1 Å². The molecule has 0 aliphatic carbocycles. The van der Waals surface area contributed by atoms with Gasteiger partial charge in [-0.25, -0.2) is 9.97 Å². The third-order valence-corrected chi connectivity index (χ3v) is 5.41. The Hall–Kier alpha value is -3.80. The Bertz CT molecular complexity index is 1220. The molecule has 2 heterocycles. The number of amides is 1. The average Bonchev–Trinajstić information content (AvgIpc) is 2.82. The number of aryl methyl sites for hydroxylation is 1. The van der Waals surface area contributed by atoms with Gasteiger partial charge in [0.2, 0.25) is 0 Å². The molecule has 2 N–H and O–H groups in total. The summed E-state index contributed by atoms with van der Waals surface area (Å²) >= 11 is 0. The quantitative estimate of drug-likeness (QED) is 0.486. The van der Waals surface area contributed by atoms with Crippen LogP contribution in [0.15, 0.2) is 67.1 Å². The van der Waals surface area contributed by atoms with Crippen molar-refractivity contribution in [2.75, 3.05) is 18.9 Å². The zero-order chi connectivity index (χ0) is 21.8. The van der Waals surface area contributed by atoms with E-state index in [1.807, 2.05) is 18.2 Å². The number of rotatable bonds is 6. The standard InChI is InChI=1S/C25H25N5O/c1-16-7-9-18(10-8-16)22-13-23(30-15-29-22)28-14-17(2)19-5-4-6-20-21(25(31)26-3)11-12-27-24(19)20/h4-13,15,17H,14H2,1-3H3,(H,26,31)(H,28,29,30)/t17-/m1/s1. The van der Waals surface area contributed by atoms with E-state index in [1.165, 1.54) is 5.56 Å². The highest BCUT2D eigenvalue weighted by atomic mass is 16.1. The Morgan fingerprint density at radius 3 is 2.61 bits per heavy atom. The molecule has 31 heavy (non-hydrogen) atoms. The van der Waals surface area contributed by atoms with Crippen LogP contribution in [-0.4, -0.2) is 34.5 Å². The molecule has 6 nitrogen and oxygen atoms in total. The first-order chi connectivity index (χ1) is 15.1. The van der Waals surface area contributed by atoms with Gasteiger partial charge >= 0.3 is 0 Å². The molecule has 0 fully saturated rings. The van der Waals surface area contributed by atoms with Crippen LogP contribution >= 0.6 is 0 Å². The molecule has 1 atom stereocenters. The Morgan fingerprint density at radius 2 is 1.84 bits per heavy atom. The Morgan fingerprint density at radius 1 is 1.03 bits per heavy atom. The summed E-state index contributed by atoms with van der Waals surface area (Å²) in [5.41, 5.74) is 5.72. The summed E-state index contributed by atoms with van der Waals surface area (Å²) in [7, 11) is 1.64. The predicted molar refractivity (Wildman–Crippen MR) is 124 cm³/mol. The minimum atomic E-state index is -0.111. The maximum absolute atomic E-state index is 12.2. The highest BCUT2D eigenvalue weighted by Gasteiger charge is 2.15. The predicted octanol–water partition coefficient (Wildman–Crippen LogP) is 4.58. The highest BCUT2D eigenvalue weighted by Crippen LogP contribution is 2.27. The number of nitrogens with zero attached hydrogens (tertiary/aromatic N) is 3. The van der Waals surface area contributed by atoms with Crippen LogP contribution < -0.4 is 10.6 Å². The second kappa shape index (κ2) is 8.92. The second-order valence-corrected chi connectivity index (χ2v) is 7.62. The summed E-state index contributed by atoms with van der Waals surface area (Å²) in [5, 5.41) is 6.97. The zero-order valence-electron chi connectivity index (χ0n) is 17.9. The molecule has 4 aromatic rings. The topological polar surface area (TPSA) is 79.8 Å². The van der Waals surface area contributed by atoms with E-state index in [0.29, 0.717) is 12.1 Å². The van der Waals surface area contributed by atoms with Gasteiger partial charge in [0, 0.05) is 42.7 Å². The van der Waals surface area contributed by atoms with Gasteiger partial charge in [-0.2, -0.15) is 0 Å². The van der Waals surface area contributed by atoms with Crippen molar-refractivity contribution >= 4 is 22.6 Å². The van der Waals surface area contributed by atoms with Crippen LogP contribution in [0, 0.1) is 6.92 Å². The van der Waals surface area contributed by atoms with E-state index in [0.717, 1.165) is 33.5 Å². The van der Waals surface area contributed by atoms with E-state index in [4.69, 9.17) is 0 Å². The summed E-state index contributed by atoms with van der Waals surface area (Å²) < 4.78 is 0. The number of anilines is 1. The van der Waals surface area contributed by atoms with Gasteiger partial charge in [0.15, 0.2) is 0 Å². The lowest BCUT2D eigenvalue weighted by molar-refractivity contribution is 0.0964. The number of carbonyl (C=O) groups excluding carboxylic acids is 1. The van der Waals surface area contributed by atoms with Crippen LogP contribution in [-0.2, 0) is 0 Å². The fourth-order valence-electron chi connectivity index (χ4n) is 3.63. The third-order valence-electron chi connectivity index (χ3n) is 5.41. The normalized spacial score (nSPS) is 11.8. The second-order valence-electron chi connectivity index (χ2n) is 7.62. The number of hydrogen-bond acceptors (Lipinski definition) is 5. The van der Waals surface area contributed by atoms with Crippen molar-refractivity contribution in [3.8, 4) is 11.3 Å². The summed E-state index contributed by atoms with van der Waals surface area (Å²) in [6.07, 6.45) is 3.27. The van der Waals surface area contributed by atoms with Crippen molar-refractivity contribution in [3.63, 3.8) is 0 Å². The lowest BCUT2D eigenvalue weighted by Crippen LogP contribution is -2.18. The Labute approximate surface area is 181 Å². The van der Waals surface area contributed by atoms with Crippen molar-refractivity contribution in [2.24, 2.45) is 0 Å². The average molecular weight is 412 g/mol. The molecule has 0 saturated heterocycles. The summed E-state index contributed by atoms with van der Waals surface area (Å²) in [6, 6.07) is 18.0. The molecular weight excluding hydrogens is 386 g/mol. The largest absolute Gasteiger partial charge is 0.369 e. The molecule has 0 bridgehead atoms. The van der Waals surface area contributed by atoms with Crippen LogP contribution in [0.4, 0.5) is 5.82 Å². The van der Waals surface area contributed by atoms with Crippen molar-refractivity contribution in [3.05, 3.63) is 83.8 Å². The van der Waals surface area contributed by atoms with Crippen molar-refractivity contribution in [1.82, 2.24) is 20.3 Å². The van der Waals surface area contributed by atoms with E-state index in [2.05, 4.69) is 69.8 Å². The number of pyridine rings is 1. The molecule has 6 heteroatoms. The molecule has 2 aromatic carbocycles. The first kappa shape index (κ1) is 20.5. The molecule has 0 spiro atoms. The number of hydrogen-bond donors (Lipinski definition) is 2. The number of benzene rings is 2. The lowest BCUT2D eigenvalue weighted by Gasteiger charge is -2.16. The third kappa shape index (κ3) is 4.38. The van der Waals surface area contributed by atoms with Gasteiger partial charge in [-0.3, -0.25) is 9.78 Å². The van der Waals surface area contributed by atoms with Crippen molar-refractivity contribution in [2.45, 2.75) is 19.8 Å². The zero-order valence-corrected chi connectivity index (χ0v) is 17.9. The van der Waals surface area contributed by atoms with E-state index in [-0.39, 0.29) is 11.8 Å². The number of nitrogens with one attached hydrogen (secondary N) is 2. The molecule has 0 saturated carbocycles. The number of fused-ring (bicyclic) bond motifs is 1. The van der Waals surface area contributed by atoms with Crippen molar-refractivity contribution in [1.29, 1.82) is 0 Å². The van der Waals surface area contributed by atoms with Crippen molar-refractivity contribution < 1.29 is 4.79 Å². The maximum Gasteiger partial charge on any atom is 0.251 e. The van der Waals surface area contributed by atoms with Gasteiger partial charge in [0.05, 0.1) is 16.8 Å². The smallest absolute Gasteiger partial charge is 0.251 e. The first-order valence-electron chi connectivity index (χ1n) is 10.3. The molecule has 0 aliphatic rings. The van der Waals surface area contributed by atoms with Crippen LogP contribution in [0.2, 0.25) is 0 Å². The van der Waals surface area contributed by atoms with Gasteiger partial charge in [-0.1, -0.05) is 55.0 Å². The summed E-state index contributed by atoms with van der Waals surface area (Å²) in [5.74, 6) is 0.825. The molecule has 1 amide bonds. The van der Waals surface area contributed by atoms with E-state index >= 15 is 0 Å². The van der Waals surface area contributed by atoms with Crippen LogP contribution in [0.25, 0.3) is 22.2 Å². The molecule has 0 aliphatic heterocycles. The van der Waals surface area contributed by atoms with Gasteiger partial charge in [-0.05, 0) is 18.6 Å². The fraction of sp³-hybridized carbons (Fsp3) is 0.200. The Kier molecular flexibility index (Phi) is 5.89. The van der Waals surface area contributed by atoms with E-state index in [9.17, 15) is 4.79 Å². The summed E-state index contributed by atoms with van der Waals surface area (Å²) in [6.45, 7) is 4.88. The lowest BCUT2D eigenvalue weighted by atomic mass is 9.96. The number of aromatic nitrogens is 3. The van der Waals surface area contributed by atoms with E-state index < -0.39 is 0 Å². The molecule has 0 unspecified atom stereocenters. The van der Waals surface area contributed by atoms with Gasteiger partial charge in [0.25, 0.3) is 5.91 Å². The highest BCUT2D eigenvalue weighted by molar-refractivity contribution is 6.06. The van der Waals surface area contributed by atoms with Crippen LogP contribution in [0.5, 0.6) is 0 Å². The molecule has 0 radical (unpaired) electrons. The van der Waals surface area contributed by atoms with Crippen LogP contribution in [0.1, 0.15) is 34.3 Å². The molecular formula is C25H25N5O. The first-order valence-corrected chi connectivity index (χ1v) is 10.3. The minimum absolute atomic E-state index is 0.111. The molecule has 4 rings (SSSR count). The maximum atomic E-state index is 12.2. The van der Waals surface area contributed by atoms with Gasteiger partial charge in [-0.15, -0.1) is 0 Å². The Balaban J connectivity index is 1.55. The number of carbonyl (C=O) groups is 1. The van der Waals surface area contributed by atoms with Gasteiger partial charge < -0.3 is 10.6 Å². The SMILES string of the molecule is CNC(=O)c1ccnc2c([C@H](C)CNc3cc(-c4ccc(C)cc4)ncn3)cccc12. The minimum Gasteiger partial charge on any atom is -0.369 e. The molecule has 156 valence electrons. The van der Waals surface area contributed by atoms with Crippen LogP contribution in [0.3, 0.4) is 0 Å². The monoisotopic (exact) mass is 411 g/mol. The summed E-state index contributed by atoms with van der Waals surface area (Å²) in [4.78, 5) is 25.6.